The molecule has 2 aliphatic rings. The summed E-state index contributed by atoms with van der Waals surface area (Å²) in [5.74, 6) is 1.76. The van der Waals surface area contributed by atoms with E-state index in [4.69, 9.17) is 9.47 Å². The Morgan fingerprint density at radius 3 is 2.75 bits per heavy atom. The molecule has 3 heterocycles. The molecule has 6 heteroatoms. The Morgan fingerprint density at radius 2 is 1.96 bits per heavy atom. The van der Waals surface area contributed by atoms with Crippen molar-refractivity contribution >= 4 is 5.91 Å². The zero-order chi connectivity index (χ0) is 16.5. The molecule has 4 rings (SSSR count). The first kappa shape index (κ1) is 14.9. The maximum atomic E-state index is 12.7. The van der Waals surface area contributed by atoms with E-state index < -0.39 is 0 Å². The van der Waals surface area contributed by atoms with Gasteiger partial charge < -0.3 is 14.4 Å². The van der Waals surface area contributed by atoms with E-state index in [9.17, 15) is 4.79 Å². The van der Waals surface area contributed by atoms with Gasteiger partial charge in [0.2, 0.25) is 6.79 Å². The minimum atomic E-state index is 0.0436. The number of benzene rings is 1. The van der Waals surface area contributed by atoms with Crippen molar-refractivity contribution in [2.45, 2.75) is 25.7 Å². The summed E-state index contributed by atoms with van der Waals surface area (Å²) in [7, 11) is 0. The second-order valence-corrected chi connectivity index (χ2v) is 6.22. The van der Waals surface area contributed by atoms with E-state index >= 15 is 0 Å². The predicted molar refractivity (Wildman–Crippen MR) is 87.2 cm³/mol. The molecule has 1 aromatic heterocycles. The number of nitrogens with zero attached hydrogens (tertiary/aromatic N) is 3. The number of amides is 1. The van der Waals surface area contributed by atoms with Gasteiger partial charge in [0.1, 0.15) is 0 Å². The standard InChI is InChI=1S/C18H19N3O3/c1-12-9-19-10-15(20-12)13-4-6-21(7-5-13)18(22)14-2-3-16-17(8-14)24-11-23-16/h2-3,8-10,13H,4-7,11H2,1H3. The van der Waals surface area contributed by atoms with E-state index in [1.807, 2.05) is 18.0 Å². The number of carbonyl (C=O) groups excluding carboxylic acids is 1. The fraction of sp³-hybridized carbons (Fsp3) is 0.389. The van der Waals surface area contributed by atoms with Crippen LogP contribution in [-0.4, -0.2) is 40.7 Å². The van der Waals surface area contributed by atoms with Gasteiger partial charge in [0.15, 0.2) is 11.5 Å². The van der Waals surface area contributed by atoms with Gasteiger partial charge in [0.05, 0.1) is 11.4 Å². The van der Waals surface area contributed by atoms with E-state index in [2.05, 4.69) is 9.97 Å². The number of piperidine rings is 1. The highest BCUT2D eigenvalue weighted by atomic mass is 16.7. The minimum Gasteiger partial charge on any atom is -0.454 e. The molecular weight excluding hydrogens is 306 g/mol. The van der Waals surface area contributed by atoms with Gasteiger partial charge in [-0.3, -0.25) is 14.8 Å². The molecule has 0 aliphatic carbocycles. The quantitative estimate of drug-likeness (QED) is 0.849. The van der Waals surface area contributed by atoms with Crippen LogP contribution in [0.1, 0.15) is 40.5 Å². The lowest BCUT2D eigenvalue weighted by molar-refractivity contribution is 0.0711. The van der Waals surface area contributed by atoms with Crippen molar-refractivity contribution < 1.29 is 14.3 Å². The highest BCUT2D eigenvalue weighted by Crippen LogP contribution is 2.33. The van der Waals surface area contributed by atoms with E-state index in [1.54, 1.807) is 24.4 Å². The Morgan fingerprint density at radius 1 is 1.17 bits per heavy atom. The summed E-state index contributed by atoms with van der Waals surface area (Å²) in [6, 6.07) is 5.36. The van der Waals surface area contributed by atoms with E-state index in [0.717, 1.165) is 37.3 Å². The average Bonchev–Trinajstić information content (AvgIpc) is 3.09. The molecule has 0 unspecified atom stereocenters. The summed E-state index contributed by atoms with van der Waals surface area (Å²) in [4.78, 5) is 23.4. The largest absolute Gasteiger partial charge is 0.454 e. The number of hydrogen-bond donors (Lipinski definition) is 0. The van der Waals surface area contributed by atoms with Gasteiger partial charge in [-0.25, -0.2) is 0 Å². The van der Waals surface area contributed by atoms with Crippen LogP contribution in [0.25, 0.3) is 0 Å². The van der Waals surface area contributed by atoms with Crippen molar-refractivity contribution in [2.75, 3.05) is 19.9 Å². The number of hydrogen-bond acceptors (Lipinski definition) is 5. The molecule has 0 N–H and O–H groups in total. The first-order valence-electron chi connectivity index (χ1n) is 8.18. The zero-order valence-corrected chi connectivity index (χ0v) is 13.6. The Balaban J connectivity index is 1.43. The van der Waals surface area contributed by atoms with Crippen molar-refractivity contribution in [1.29, 1.82) is 0 Å². The fourth-order valence-electron chi connectivity index (χ4n) is 3.27. The highest BCUT2D eigenvalue weighted by Gasteiger charge is 2.26. The summed E-state index contributed by atoms with van der Waals surface area (Å²) >= 11 is 0. The Kier molecular flexibility index (Phi) is 3.80. The number of rotatable bonds is 2. The van der Waals surface area contributed by atoms with Crippen LogP contribution in [-0.2, 0) is 0 Å². The molecule has 1 saturated heterocycles. The van der Waals surface area contributed by atoms with Gasteiger partial charge in [-0.1, -0.05) is 0 Å². The summed E-state index contributed by atoms with van der Waals surface area (Å²) in [6.07, 6.45) is 5.43. The third-order valence-corrected chi connectivity index (χ3v) is 4.59. The van der Waals surface area contributed by atoms with Crippen molar-refractivity contribution in [3.63, 3.8) is 0 Å². The van der Waals surface area contributed by atoms with Gasteiger partial charge in [0, 0.05) is 37.0 Å². The van der Waals surface area contributed by atoms with Crippen LogP contribution in [0.5, 0.6) is 11.5 Å². The minimum absolute atomic E-state index is 0.0436. The van der Waals surface area contributed by atoms with Gasteiger partial charge >= 0.3 is 0 Å². The summed E-state index contributed by atoms with van der Waals surface area (Å²) < 4.78 is 10.6. The molecule has 2 aliphatic heterocycles. The Bertz CT molecular complexity index is 770. The molecule has 0 atom stereocenters. The van der Waals surface area contributed by atoms with Gasteiger partial charge in [0.25, 0.3) is 5.91 Å². The number of ether oxygens (including phenoxy) is 2. The van der Waals surface area contributed by atoms with Crippen molar-refractivity contribution in [2.24, 2.45) is 0 Å². The molecule has 0 bridgehead atoms. The van der Waals surface area contributed by atoms with Gasteiger partial charge in [-0.2, -0.15) is 0 Å². The molecule has 1 fully saturated rings. The number of carbonyl (C=O) groups is 1. The highest BCUT2D eigenvalue weighted by molar-refractivity contribution is 5.95. The smallest absolute Gasteiger partial charge is 0.253 e. The molecule has 124 valence electrons. The van der Waals surface area contributed by atoms with Crippen molar-refractivity contribution in [3.05, 3.63) is 47.5 Å². The Hall–Kier alpha value is -2.63. The lowest BCUT2D eigenvalue weighted by atomic mass is 9.93. The first-order chi connectivity index (χ1) is 11.7. The van der Waals surface area contributed by atoms with Crippen LogP contribution in [0, 0.1) is 6.92 Å². The normalized spacial score (nSPS) is 17.1. The van der Waals surface area contributed by atoms with Gasteiger partial charge in [-0.05, 0) is 38.0 Å². The maximum absolute atomic E-state index is 12.7. The van der Waals surface area contributed by atoms with Crippen molar-refractivity contribution in [3.8, 4) is 11.5 Å². The molecule has 0 spiro atoms. The topological polar surface area (TPSA) is 64.6 Å². The fourth-order valence-corrected chi connectivity index (χ4v) is 3.27. The van der Waals surface area contributed by atoms with E-state index in [1.165, 1.54) is 0 Å². The number of likely N-dealkylation sites (tertiary alicyclic amines) is 1. The molecule has 0 saturated carbocycles. The number of fused-ring (bicyclic) bond motifs is 1. The van der Waals surface area contributed by atoms with Crippen molar-refractivity contribution in [1.82, 2.24) is 14.9 Å². The second-order valence-electron chi connectivity index (χ2n) is 6.22. The molecule has 1 amide bonds. The van der Waals surface area contributed by atoms with Crippen LogP contribution in [0.4, 0.5) is 0 Å². The molecule has 6 nitrogen and oxygen atoms in total. The molecule has 2 aromatic rings. The van der Waals surface area contributed by atoms with Crippen LogP contribution in [0.15, 0.2) is 30.6 Å². The summed E-state index contributed by atoms with van der Waals surface area (Å²) in [6.45, 7) is 3.63. The lowest BCUT2D eigenvalue weighted by Crippen LogP contribution is -2.38. The first-order valence-corrected chi connectivity index (χ1v) is 8.18. The maximum Gasteiger partial charge on any atom is 0.253 e. The van der Waals surface area contributed by atoms with Crippen LogP contribution in [0.2, 0.25) is 0 Å². The van der Waals surface area contributed by atoms with Crippen LogP contribution in [0.3, 0.4) is 0 Å². The molecular formula is C18H19N3O3. The number of aryl methyl sites for hydroxylation is 1. The number of aromatic nitrogens is 2. The average molecular weight is 325 g/mol. The van der Waals surface area contributed by atoms with E-state index in [-0.39, 0.29) is 12.7 Å². The van der Waals surface area contributed by atoms with Crippen LogP contribution < -0.4 is 9.47 Å². The molecule has 1 aromatic carbocycles. The Labute approximate surface area is 140 Å². The molecule has 24 heavy (non-hydrogen) atoms. The third kappa shape index (κ3) is 2.79. The lowest BCUT2D eigenvalue weighted by Gasteiger charge is -2.31. The predicted octanol–water partition coefficient (Wildman–Crippen LogP) is 2.53. The van der Waals surface area contributed by atoms with Crippen LogP contribution >= 0.6 is 0 Å². The monoisotopic (exact) mass is 325 g/mol. The summed E-state index contributed by atoms with van der Waals surface area (Å²) in [5, 5.41) is 0. The van der Waals surface area contributed by atoms with E-state index in [0.29, 0.717) is 23.0 Å². The molecule has 0 radical (unpaired) electrons. The zero-order valence-electron chi connectivity index (χ0n) is 13.6. The summed E-state index contributed by atoms with van der Waals surface area (Å²) in [5.41, 5.74) is 2.62. The third-order valence-electron chi connectivity index (χ3n) is 4.59. The second kappa shape index (κ2) is 6.11. The SMILES string of the molecule is Cc1cncc(C2CCN(C(=O)c3ccc4c(c3)OCO4)CC2)n1. The van der Waals surface area contributed by atoms with Gasteiger partial charge in [-0.15, -0.1) is 0 Å².